The Morgan fingerprint density at radius 3 is 1.28 bits per heavy atom. The molecule has 0 unspecified atom stereocenters. The van der Waals surface area contributed by atoms with Crippen molar-refractivity contribution in [3.05, 3.63) is 119 Å². The molecule has 0 aliphatic heterocycles. The van der Waals surface area contributed by atoms with Gasteiger partial charge in [-0.05, 0) is 69.1 Å². The van der Waals surface area contributed by atoms with Gasteiger partial charge in [-0.15, -0.1) is 0 Å². The van der Waals surface area contributed by atoms with Gasteiger partial charge in [0.25, 0.3) is 0 Å². The van der Waals surface area contributed by atoms with E-state index < -0.39 is 0 Å². The Morgan fingerprint density at radius 1 is 0.472 bits per heavy atom. The number of carbonyl (C=O) groups is 2. The zero-order valence-corrected chi connectivity index (χ0v) is 19.9. The molecule has 5 aromatic carbocycles. The maximum Gasteiger partial charge on any atom is 0.195 e. The molecule has 0 fully saturated rings. The summed E-state index contributed by atoms with van der Waals surface area (Å²) in [7, 11) is 3.27. The number of hydrogen-bond acceptors (Lipinski definition) is 4. The van der Waals surface area contributed by atoms with Crippen molar-refractivity contribution in [1.82, 2.24) is 0 Å². The SMILES string of the molecule is COc1ccc2cc(C3=C(c4ccc5cc(OC)ccc5c4)C(=O)c4ccccc4C3=O)ccc2c1. The van der Waals surface area contributed by atoms with Crippen LogP contribution in [0.25, 0.3) is 32.7 Å². The molecule has 4 heteroatoms. The first kappa shape index (κ1) is 21.8. The predicted molar refractivity (Wildman–Crippen MR) is 143 cm³/mol. The Balaban J connectivity index is 1.61. The van der Waals surface area contributed by atoms with Crippen molar-refractivity contribution in [2.24, 2.45) is 0 Å². The molecule has 0 spiro atoms. The summed E-state index contributed by atoms with van der Waals surface area (Å²) in [6, 6.07) is 30.3. The fraction of sp³-hybridized carbons (Fsp3) is 0.0625. The molecule has 0 saturated heterocycles. The molecule has 0 aromatic heterocycles. The lowest BCUT2D eigenvalue weighted by atomic mass is 9.78. The van der Waals surface area contributed by atoms with Gasteiger partial charge >= 0.3 is 0 Å². The van der Waals surface area contributed by atoms with Gasteiger partial charge < -0.3 is 9.47 Å². The van der Waals surface area contributed by atoms with Gasteiger partial charge in [-0.1, -0.05) is 60.7 Å². The molecule has 4 nitrogen and oxygen atoms in total. The predicted octanol–water partition coefficient (Wildman–Crippen LogP) is 7.00. The monoisotopic (exact) mass is 470 g/mol. The van der Waals surface area contributed by atoms with Crippen molar-refractivity contribution < 1.29 is 19.1 Å². The van der Waals surface area contributed by atoms with Crippen molar-refractivity contribution in [2.45, 2.75) is 0 Å². The van der Waals surface area contributed by atoms with Crippen molar-refractivity contribution in [3.8, 4) is 11.5 Å². The number of hydrogen-bond donors (Lipinski definition) is 0. The second-order valence-corrected chi connectivity index (χ2v) is 8.81. The van der Waals surface area contributed by atoms with E-state index in [-0.39, 0.29) is 11.6 Å². The van der Waals surface area contributed by atoms with Gasteiger partial charge in [-0.2, -0.15) is 0 Å². The first-order valence-electron chi connectivity index (χ1n) is 11.7. The number of ketones is 2. The van der Waals surface area contributed by atoms with E-state index >= 15 is 0 Å². The van der Waals surface area contributed by atoms with Gasteiger partial charge in [0.2, 0.25) is 0 Å². The molecule has 0 radical (unpaired) electrons. The number of carbonyl (C=O) groups excluding carboxylic acids is 2. The van der Waals surface area contributed by atoms with Gasteiger partial charge in [0.05, 0.1) is 14.2 Å². The molecule has 1 aliphatic rings. The highest BCUT2D eigenvalue weighted by molar-refractivity contribution is 6.52. The second-order valence-electron chi connectivity index (χ2n) is 8.81. The van der Waals surface area contributed by atoms with Crippen molar-refractivity contribution >= 4 is 44.3 Å². The third-order valence-corrected chi connectivity index (χ3v) is 6.79. The Kier molecular flexibility index (Phi) is 5.15. The minimum atomic E-state index is -0.150. The number of ether oxygens (including phenoxy) is 2. The molecule has 0 heterocycles. The highest BCUT2D eigenvalue weighted by Gasteiger charge is 2.33. The van der Waals surface area contributed by atoms with E-state index in [9.17, 15) is 9.59 Å². The highest BCUT2D eigenvalue weighted by atomic mass is 16.5. The minimum Gasteiger partial charge on any atom is -0.497 e. The maximum atomic E-state index is 13.9. The number of methoxy groups -OCH3 is 2. The third kappa shape index (κ3) is 3.46. The van der Waals surface area contributed by atoms with Crippen LogP contribution >= 0.6 is 0 Å². The molecular formula is C32H22O4. The van der Waals surface area contributed by atoms with E-state index in [0.717, 1.165) is 33.0 Å². The molecule has 174 valence electrons. The third-order valence-electron chi connectivity index (χ3n) is 6.79. The van der Waals surface area contributed by atoms with E-state index in [1.165, 1.54) is 0 Å². The Bertz CT molecular complexity index is 1610. The van der Waals surface area contributed by atoms with Gasteiger partial charge in [-0.25, -0.2) is 0 Å². The van der Waals surface area contributed by atoms with E-state index in [4.69, 9.17) is 9.47 Å². The number of benzene rings is 5. The van der Waals surface area contributed by atoms with Gasteiger partial charge in [0.15, 0.2) is 11.6 Å². The van der Waals surface area contributed by atoms with Crippen molar-refractivity contribution in [3.63, 3.8) is 0 Å². The summed E-state index contributed by atoms with van der Waals surface area (Å²) in [6.07, 6.45) is 0. The van der Waals surface area contributed by atoms with Crippen LogP contribution < -0.4 is 9.47 Å². The zero-order chi connectivity index (χ0) is 24.8. The molecule has 6 rings (SSSR count). The molecule has 1 aliphatic carbocycles. The maximum absolute atomic E-state index is 13.9. The average molecular weight is 471 g/mol. The van der Waals surface area contributed by atoms with Crippen LogP contribution in [-0.2, 0) is 0 Å². The normalized spacial score (nSPS) is 13.3. The van der Waals surface area contributed by atoms with Crippen molar-refractivity contribution in [1.29, 1.82) is 0 Å². The molecular weight excluding hydrogens is 448 g/mol. The quantitative estimate of drug-likeness (QED) is 0.284. The first-order chi connectivity index (χ1) is 17.6. The van der Waals surface area contributed by atoms with Gasteiger partial charge in [-0.3, -0.25) is 9.59 Å². The Morgan fingerprint density at radius 2 is 0.861 bits per heavy atom. The number of allylic oxidation sites excluding steroid dienone is 2. The van der Waals surface area contributed by atoms with Crippen LogP contribution in [0.1, 0.15) is 31.8 Å². The summed E-state index contributed by atoms with van der Waals surface area (Å²) in [4.78, 5) is 27.8. The van der Waals surface area contributed by atoms with E-state index in [1.807, 2.05) is 72.8 Å². The number of fused-ring (bicyclic) bond motifs is 3. The molecule has 0 N–H and O–H groups in total. The van der Waals surface area contributed by atoms with Gasteiger partial charge in [0, 0.05) is 22.3 Å². The fourth-order valence-electron chi connectivity index (χ4n) is 4.94. The molecule has 0 atom stereocenters. The first-order valence-corrected chi connectivity index (χ1v) is 11.7. The smallest absolute Gasteiger partial charge is 0.195 e. The minimum absolute atomic E-state index is 0.150. The summed E-state index contributed by atoms with van der Waals surface area (Å²) < 4.78 is 10.7. The lowest BCUT2D eigenvalue weighted by Crippen LogP contribution is -2.20. The summed E-state index contributed by atoms with van der Waals surface area (Å²) in [5, 5.41) is 3.92. The van der Waals surface area contributed by atoms with Crippen LogP contribution in [-0.4, -0.2) is 25.8 Å². The van der Waals surface area contributed by atoms with Crippen LogP contribution in [0.3, 0.4) is 0 Å². The summed E-state index contributed by atoms with van der Waals surface area (Å²) in [5.74, 6) is 1.23. The van der Waals surface area contributed by atoms with E-state index in [1.54, 1.807) is 38.5 Å². The lowest BCUT2D eigenvalue weighted by Gasteiger charge is -2.22. The molecule has 0 amide bonds. The summed E-state index contributed by atoms with van der Waals surface area (Å²) >= 11 is 0. The standard InChI is InChI=1S/C32H22O4/c1-35-25-13-11-19-15-23(9-7-21(19)17-25)29-30(32(34)28-6-4-3-5-27(28)31(29)33)24-10-8-22-18-26(36-2)14-12-20(22)16-24/h3-18H,1-2H3. The van der Waals surface area contributed by atoms with Crippen LogP contribution in [0, 0.1) is 0 Å². The molecule has 0 bridgehead atoms. The topological polar surface area (TPSA) is 52.6 Å². The van der Waals surface area contributed by atoms with Gasteiger partial charge in [0.1, 0.15) is 11.5 Å². The fourth-order valence-corrected chi connectivity index (χ4v) is 4.94. The van der Waals surface area contributed by atoms with Crippen molar-refractivity contribution in [2.75, 3.05) is 14.2 Å². The Labute approximate surface area is 208 Å². The van der Waals surface area contributed by atoms with Crippen LogP contribution in [0.4, 0.5) is 0 Å². The van der Waals surface area contributed by atoms with Crippen LogP contribution in [0.5, 0.6) is 11.5 Å². The van der Waals surface area contributed by atoms with Crippen LogP contribution in [0.15, 0.2) is 97.1 Å². The highest BCUT2D eigenvalue weighted by Crippen LogP contribution is 2.39. The van der Waals surface area contributed by atoms with E-state index in [2.05, 4.69) is 0 Å². The summed E-state index contributed by atoms with van der Waals surface area (Å²) in [6.45, 7) is 0. The number of rotatable bonds is 4. The lowest BCUT2D eigenvalue weighted by molar-refractivity contribution is 0.101. The number of Topliss-reactive ketones (excluding diaryl/α,β-unsaturated/α-hetero) is 2. The molecule has 5 aromatic rings. The molecule has 36 heavy (non-hydrogen) atoms. The largest absolute Gasteiger partial charge is 0.497 e. The summed E-state index contributed by atoms with van der Waals surface area (Å²) in [5.41, 5.74) is 3.13. The Hall–Kier alpha value is -4.70. The second kappa shape index (κ2) is 8.51. The average Bonchev–Trinajstić information content (AvgIpc) is 2.93. The van der Waals surface area contributed by atoms with Crippen LogP contribution in [0.2, 0.25) is 0 Å². The molecule has 0 saturated carbocycles. The van der Waals surface area contributed by atoms with E-state index in [0.29, 0.717) is 33.4 Å². The zero-order valence-electron chi connectivity index (χ0n) is 19.9.